The fourth-order valence-electron chi connectivity index (χ4n) is 3.48. The molecule has 32 heavy (non-hydrogen) atoms. The van der Waals surface area contributed by atoms with Gasteiger partial charge in [0.2, 0.25) is 10.0 Å². The number of benzene rings is 2. The van der Waals surface area contributed by atoms with E-state index in [4.69, 9.17) is 16.3 Å². The average molecular weight is 491 g/mol. The Labute approximate surface area is 196 Å². The molecule has 0 spiro atoms. The van der Waals surface area contributed by atoms with Crippen molar-refractivity contribution in [3.8, 4) is 10.4 Å². The summed E-state index contributed by atoms with van der Waals surface area (Å²) < 4.78 is 32.3. The number of thiophene rings is 1. The van der Waals surface area contributed by atoms with Gasteiger partial charge in [-0.2, -0.15) is 4.31 Å². The van der Waals surface area contributed by atoms with Crippen molar-refractivity contribution in [1.29, 1.82) is 0 Å². The van der Waals surface area contributed by atoms with Crippen LogP contribution in [0.3, 0.4) is 0 Å². The molecule has 1 amide bonds. The number of carbonyl (C=O) groups is 1. The molecule has 0 aliphatic carbocycles. The predicted molar refractivity (Wildman–Crippen MR) is 127 cm³/mol. The maximum atomic E-state index is 12.8. The Morgan fingerprint density at radius 1 is 1.00 bits per heavy atom. The molecule has 0 atom stereocenters. The minimum Gasteiger partial charge on any atom is -0.379 e. The van der Waals surface area contributed by atoms with Gasteiger partial charge in [-0.1, -0.05) is 48.0 Å². The minimum atomic E-state index is -3.45. The molecule has 2 aromatic carbocycles. The van der Waals surface area contributed by atoms with Crippen LogP contribution in [0.2, 0.25) is 5.02 Å². The van der Waals surface area contributed by atoms with Crippen LogP contribution in [0, 0.1) is 0 Å². The summed E-state index contributed by atoms with van der Waals surface area (Å²) in [7, 11) is -3.45. The van der Waals surface area contributed by atoms with Crippen LogP contribution in [0.25, 0.3) is 10.4 Å². The van der Waals surface area contributed by atoms with E-state index in [1.54, 1.807) is 12.1 Å². The molecule has 3 aromatic rings. The lowest BCUT2D eigenvalue weighted by Crippen LogP contribution is -2.41. The smallest absolute Gasteiger partial charge is 0.261 e. The van der Waals surface area contributed by atoms with Crippen molar-refractivity contribution in [1.82, 2.24) is 9.62 Å². The van der Waals surface area contributed by atoms with Gasteiger partial charge in [0, 0.05) is 29.5 Å². The van der Waals surface area contributed by atoms with E-state index in [1.807, 2.05) is 48.5 Å². The number of ether oxygens (including phenoxy) is 1. The summed E-state index contributed by atoms with van der Waals surface area (Å²) in [6.07, 6.45) is 0. The number of nitrogens with zero attached hydrogens (tertiary/aromatic N) is 1. The van der Waals surface area contributed by atoms with E-state index in [9.17, 15) is 13.2 Å². The van der Waals surface area contributed by atoms with Gasteiger partial charge in [0.25, 0.3) is 5.91 Å². The molecular formula is C23H23ClN2O4S2. The maximum absolute atomic E-state index is 12.8. The van der Waals surface area contributed by atoms with Gasteiger partial charge in [-0.25, -0.2) is 8.42 Å². The molecule has 1 N–H and O–H groups in total. The zero-order valence-electron chi connectivity index (χ0n) is 17.3. The Kier molecular flexibility index (Phi) is 7.27. The Morgan fingerprint density at radius 2 is 1.69 bits per heavy atom. The van der Waals surface area contributed by atoms with Gasteiger partial charge < -0.3 is 10.1 Å². The summed E-state index contributed by atoms with van der Waals surface area (Å²) >= 11 is 7.34. The molecule has 1 aliphatic heterocycles. The third-order valence-corrected chi connectivity index (χ3v) is 8.43. The molecule has 1 fully saturated rings. The first-order valence-electron chi connectivity index (χ1n) is 10.2. The number of halogens is 1. The van der Waals surface area contributed by atoms with Crippen molar-refractivity contribution in [2.45, 2.75) is 12.3 Å². The summed E-state index contributed by atoms with van der Waals surface area (Å²) in [4.78, 5) is 14.3. The molecule has 4 rings (SSSR count). The molecule has 9 heteroatoms. The molecule has 0 unspecified atom stereocenters. The number of morpholine rings is 1. The normalized spacial score (nSPS) is 14.9. The topological polar surface area (TPSA) is 75.7 Å². The first-order chi connectivity index (χ1) is 15.4. The molecule has 0 radical (unpaired) electrons. The molecular weight excluding hydrogens is 468 g/mol. The Bertz CT molecular complexity index is 1190. The van der Waals surface area contributed by atoms with Gasteiger partial charge in [0.1, 0.15) is 0 Å². The van der Waals surface area contributed by atoms with E-state index in [-0.39, 0.29) is 18.2 Å². The molecule has 1 aromatic heterocycles. The lowest BCUT2D eigenvalue weighted by atomic mass is 10.1. The molecule has 0 bridgehead atoms. The van der Waals surface area contributed by atoms with Gasteiger partial charge in [-0.3, -0.25) is 4.79 Å². The number of nitrogens with one attached hydrogen (secondary N) is 1. The quantitative estimate of drug-likeness (QED) is 0.539. The summed E-state index contributed by atoms with van der Waals surface area (Å²) in [5.41, 5.74) is 2.47. The van der Waals surface area contributed by atoms with E-state index in [0.717, 1.165) is 16.0 Å². The fraction of sp³-hybridized carbons (Fsp3) is 0.261. The van der Waals surface area contributed by atoms with Crippen LogP contribution in [0.5, 0.6) is 0 Å². The van der Waals surface area contributed by atoms with Crippen molar-refractivity contribution >= 4 is 38.9 Å². The van der Waals surface area contributed by atoms with E-state index < -0.39 is 10.0 Å². The number of rotatable bonds is 7. The number of carbonyl (C=O) groups excluding carboxylic acids is 1. The summed E-state index contributed by atoms with van der Waals surface area (Å²) in [5, 5.41) is 3.58. The van der Waals surface area contributed by atoms with Crippen molar-refractivity contribution in [2.24, 2.45) is 0 Å². The summed E-state index contributed by atoms with van der Waals surface area (Å²) in [6, 6.07) is 18.5. The maximum Gasteiger partial charge on any atom is 0.261 e. The van der Waals surface area contributed by atoms with E-state index in [2.05, 4.69) is 5.32 Å². The van der Waals surface area contributed by atoms with Gasteiger partial charge in [0.05, 0.1) is 23.8 Å². The van der Waals surface area contributed by atoms with Crippen molar-refractivity contribution in [3.05, 3.63) is 81.7 Å². The minimum absolute atomic E-state index is 0.0985. The number of hydrogen-bond donors (Lipinski definition) is 1. The first kappa shape index (κ1) is 22.9. The zero-order valence-corrected chi connectivity index (χ0v) is 19.7. The van der Waals surface area contributed by atoms with Gasteiger partial charge >= 0.3 is 0 Å². The van der Waals surface area contributed by atoms with Crippen molar-refractivity contribution in [3.63, 3.8) is 0 Å². The monoisotopic (exact) mass is 490 g/mol. The average Bonchev–Trinajstić information content (AvgIpc) is 3.30. The predicted octanol–water partition coefficient (Wildman–Crippen LogP) is 4.16. The molecule has 1 aliphatic rings. The molecule has 6 nitrogen and oxygen atoms in total. The van der Waals surface area contributed by atoms with Crippen molar-refractivity contribution < 1.29 is 17.9 Å². The molecule has 2 heterocycles. The Hall–Kier alpha value is -2.23. The second-order valence-electron chi connectivity index (χ2n) is 7.39. The van der Waals surface area contributed by atoms with Crippen LogP contribution in [0.4, 0.5) is 0 Å². The standard InChI is InChI=1S/C23H23ClN2O4S2/c24-20-7-5-17(6-8-20)21-9-10-22(31-21)23(27)25-15-18-3-1-2-4-19(18)16-32(28,29)26-11-13-30-14-12-26/h1-10H,11-16H2,(H,25,27). The Morgan fingerprint density at radius 3 is 2.41 bits per heavy atom. The third kappa shape index (κ3) is 5.57. The lowest BCUT2D eigenvalue weighted by molar-refractivity contribution is 0.0729. The largest absolute Gasteiger partial charge is 0.379 e. The third-order valence-electron chi connectivity index (χ3n) is 5.22. The van der Waals surface area contributed by atoms with Crippen molar-refractivity contribution in [2.75, 3.05) is 26.3 Å². The molecule has 0 saturated carbocycles. The summed E-state index contributed by atoms with van der Waals surface area (Å²) in [6.45, 7) is 1.82. The molecule has 1 saturated heterocycles. The highest BCUT2D eigenvalue weighted by Crippen LogP contribution is 2.29. The van der Waals surface area contributed by atoms with E-state index in [1.165, 1.54) is 15.6 Å². The zero-order chi connectivity index (χ0) is 22.6. The molecule has 168 valence electrons. The van der Waals surface area contributed by atoms with Gasteiger partial charge in [-0.15, -0.1) is 11.3 Å². The lowest BCUT2D eigenvalue weighted by Gasteiger charge is -2.26. The SMILES string of the molecule is O=C(NCc1ccccc1CS(=O)(=O)N1CCOCC1)c1ccc(-c2ccc(Cl)cc2)s1. The Balaban J connectivity index is 1.42. The van der Waals surface area contributed by atoms with E-state index >= 15 is 0 Å². The van der Waals surface area contributed by atoms with E-state index in [0.29, 0.717) is 41.8 Å². The number of amides is 1. The highest BCUT2D eigenvalue weighted by atomic mass is 35.5. The van der Waals surface area contributed by atoms with Crippen LogP contribution >= 0.6 is 22.9 Å². The highest BCUT2D eigenvalue weighted by molar-refractivity contribution is 7.88. The van der Waals surface area contributed by atoms with Crippen LogP contribution in [0.1, 0.15) is 20.8 Å². The highest BCUT2D eigenvalue weighted by Gasteiger charge is 2.25. The fourth-order valence-corrected chi connectivity index (χ4v) is 6.09. The number of sulfonamides is 1. The van der Waals surface area contributed by atoms with Crippen LogP contribution in [0.15, 0.2) is 60.7 Å². The van der Waals surface area contributed by atoms with Crippen LogP contribution in [-0.2, 0) is 27.1 Å². The van der Waals surface area contributed by atoms with Crippen LogP contribution in [-0.4, -0.2) is 44.9 Å². The van der Waals surface area contributed by atoms with Gasteiger partial charge in [0.15, 0.2) is 0 Å². The second-order valence-corrected chi connectivity index (χ2v) is 10.9. The second kappa shape index (κ2) is 10.1. The van der Waals surface area contributed by atoms with Gasteiger partial charge in [-0.05, 0) is 41.0 Å². The number of hydrogen-bond acceptors (Lipinski definition) is 5. The van der Waals surface area contributed by atoms with Crippen LogP contribution < -0.4 is 5.32 Å². The first-order valence-corrected chi connectivity index (χ1v) is 13.0. The summed E-state index contributed by atoms with van der Waals surface area (Å²) in [5.74, 6) is -0.292.